The number of fused-ring (bicyclic) bond motifs is 1. The van der Waals surface area contributed by atoms with Gasteiger partial charge in [0.1, 0.15) is 17.2 Å². The molecule has 4 heteroatoms. The van der Waals surface area contributed by atoms with Crippen LogP contribution in [0.25, 0.3) is 17.1 Å². The van der Waals surface area contributed by atoms with Gasteiger partial charge in [0.15, 0.2) is 5.76 Å². The van der Waals surface area contributed by atoms with Gasteiger partial charge in [0, 0.05) is 11.7 Å². The number of imidazole rings is 1. The minimum Gasteiger partial charge on any atom is -0.463 e. The average Bonchev–Trinajstić information content (AvgIpc) is 3.03. The van der Waals surface area contributed by atoms with E-state index >= 15 is 0 Å². The van der Waals surface area contributed by atoms with E-state index in [-0.39, 0.29) is 11.0 Å². The number of nitrogens with one attached hydrogen (secondary N) is 1. The van der Waals surface area contributed by atoms with Crippen molar-refractivity contribution in [3.8, 4) is 11.5 Å². The normalized spacial score (nSPS) is 12.8. The van der Waals surface area contributed by atoms with Crippen molar-refractivity contribution in [2.75, 3.05) is 5.32 Å². The van der Waals surface area contributed by atoms with Gasteiger partial charge in [-0.3, -0.25) is 4.40 Å². The summed E-state index contributed by atoms with van der Waals surface area (Å²) in [5.41, 5.74) is 3.14. The van der Waals surface area contributed by atoms with E-state index in [4.69, 9.17) is 9.40 Å². The van der Waals surface area contributed by atoms with Gasteiger partial charge in [-0.2, -0.15) is 0 Å². The van der Waals surface area contributed by atoms with Crippen molar-refractivity contribution in [3.63, 3.8) is 0 Å². The molecule has 0 saturated heterocycles. The van der Waals surface area contributed by atoms with Crippen LogP contribution in [0.5, 0.6) is 0 Å². The molecule has 0 radical (unpaired) electrons. The molecule has 0 saturated carbocycles. The van der Waals surface area contributed by atoms with Crippen LogP contribution in [0.4, 0.5) is 5.82 Å². The summed E-state index contributed by atoms with van der Waals surface area (Å²) in [4.78, 5) is 4.80. The number of anilines is 1. The molecule has 0 aromatic carbocycles. The quantitative estimate of drug-likeness (QED) is 0.686. The highest BCUT2D eigenvalue weighted by molar-refractivity contribution is 5.74. The molecule has 0 atom stereocenters. The molecule has 1 N–H and O–H groups in total. The summed E-state index contributed by atoms with van der Waals surface area (Å²) in [5.74, 6) is 1.76. The van der Waals surface area contributed by atoms with Gasteiger partial charge in [0.25, 0.3) is 0 Å². The molecule has 0 amide bonds. The summed E-state index contributed by atoms with van der Waals surface area (Å²) in [6.07, 6.45) is 4.80. The zero-order valence-electron chi connectivity index (χ0n) is 15.5. The van der Waals surface area contributed by atoms with E-state index in [0.717, 1.165) is 29.3 Å². The lowest BCUT2D eigenvalue weighted by molar-refractivity contribution is 0.302. The zero-order chi connectivity index (χ0) is 17.5. The summed E-state index contributed by atoms with van der Waals surface area (Å²) in [5, 5.41) is 3.71. The lowest BCUT2D eigenvalue weighted by Crippen LogP contribution is -2.36. The Morgan fingerprint density at radius 2 is 1.92 bits per heavy atom. The van der Waals surface area contributed by atoms with E-state index < -0.39 is 0 Å². The lowest BCUT2D eigenvalue weighted by Gasteiger charge is -2.34. The predicted molar refractivity (Wildman–Crippen MR) is 99.4 cm³/mol. The third kappa shape index (κ3) is 3.48. The van der Waals surface area contributed by atoms with E-state index in [1.54, 1.807) is 6.26 Å². The van der Waals surface area contributed by atoms with Crippen molar-refractivity contribution in [3.05, 3.63) is 42.3 Å². The number of furan rings is 1. The minimum absolute atomic E-state index is 0.0690. The fourth-order valence-electron chi connectivity index (χ4n) is 3.54. The van der Waals surface area contributed by atoms with Gasteiger partial charge in [-0.1, -0.05) is 20.8 Å². The number of nitrogens with zero attached hydrogens (tertiary/aromatic N) is 2. The first-order chi connectivity index (χ1) is 11.1. The molecule has 0 spiro atoms. The van der Waals surface area contributed by atoms with Crippen molar-refractivity contribution < 1.29 is 4.42 Å². The molecule has 3 aromatic heterocycles. The van der Waals surface area contributed by atoms with Crippen LogP contribution in [0.3, 0.4) is 0 Å². The molecule has 0 bridgehead atoms. The Morgan fingerprint density at radius 3 is 2.54 bits per heavy atom. The van der Waals surface area contributed by atoms with Crippen LogP contribution < -0.4 is 5.32 Å². The second-order valence-electron chi connectivity index (χ2n) is 8.46. The SMILES string of the molecule is Cc1ccn2c(NC(C)(C)CC(C)(C)C)c(-c3ccco3)nc2c1. The molecule has 3 rings (SSSR count). The fraction of sp³-hybridized carbons (Fsp3) is 0.450. The van der Waals surface area contributed by atoms with Crippen LogP contribution in [-0.4, -0.2) is 14.9 Å². The van der Waals surface area contributed by atoms with Crippen molar-refractivity contribution in [1.29, 1.82) is 0 Å². The molecule has 4 nitrogen and oxygen atoms in total. The Balaban J connectivity index is 2.10. The van der Waals surface area contributed by atoms with E-state index in [1.807, 2.05) is 12.1 Å². The van der Waals surface area contributed by atoms with Gasteiger partial charge >= 0.3 is 0 Å². The van der Waals surface area contributed by atoms with Crippen molar-refractivity contribution in [1.82, 2.24) is 9.38 Å². The average molecular weight is 325 g/mol. The first-order valence-electron chi connectivity index (χ1n) is 8.45. The van der Waals surface area contributed by atoms with Crippen LogP contribution in [0.1, 0.15) is 46.6 Å². The molecular formula is C20H27N3O. The summed E-state index contributed by atoms with van der Waals surface area (Å²) in [6.45, 7) is 13.3. The molecule has 128 valence electrons. The lowest BCUT2D eigenvalue weighted by atomic mass is 9.82. The number of aryl methyl sites for hydroxylation is 1. The maximum absolute atomic E-state index is 5.62. The van der Waals surface area contributed by atoms with Crippen LogP contribution in [0.15, 0.2) is 41.1 Å². The highest BCUT2D eigenvalue weighted by Crippen LogP contribution is 2.35. The Labute approximate surface area is 143 Å². The second kappa shape index (κ2) is 5.69. The maximum atomic E-state index is 5.62. The van der Waals surface area contributed by atoms with Crippen LogP contribution in [0.2, 0.25) is 0 Å². The van der Waals surface area contributed by atoms with E-state index in [9.17, 15) is 0 Å². The fourth-order valence-corrected chi connectivity index (χ4v) is 3.54. The molecule has 0 aliphatic carbocycles. The molecule has 24 heavy (non-hydrogen) atoms. The largest absolute Gasteiger partial charge is 0.463 e. The van der Waals surface area contributed by atoms with Gasteiger partial charge in [-0.05, 0) is 62.4 Å². The number of hydrogen-bond donors (Lipinski definition) is 1. The number of hydrogen-bond acceptors (Lipinski definition) is 3. The minimum atomic E-state index is -0.0690. The highest BCUT2D eigenvalue weighted by atomic mass is 16.3. The zero-order valence-corrected chi connectivity index (χ0v) is 15.5. The third-order valence-corrected chi connectivity index (χ3v) is 3.97. The van der Waals surface area contributed by atoms with Crippen LogP contribution in [0, 0.1) is 12.3 Å². The van der Waals surface area contributed by atoms with Gasteiger partial charge in [0.2, 0.25) is 0 Å². The molecule has 0 unspecified atom stereocenters. The first kappa shape index (κ1) is 16.6. The van der Waals surface area contributed by atoms with Crippen molar-refractivity contribution >= 4 is 11.5 Å². The molecule has 3 heterocycles. The molecule has 0 aliphatic rings. The first-order valence-corrected chi connectivity index (χ1v) is 8.45. The predicted octanol–water partition coefficient (Wildman–Crippen LogP) is 5.53. The highest BCUT2D eigenvalue weighted by Gasteiger charge is 2.28. The Morgan fingerprint density at radius 1 is 1.17 bits per heavy atom. The summed E-state index contributed by atoms with van der Waals surface area (Å²) in [6, 6.07) is 8.04. The molecule has 3 aromatic rings. The number of aromatic nitrogens is 2. The second-order valence-corrected chi connectivity index (χ2v) is 8.46. The monoisotopic (exact) mass is 325 g/mol. The van der Waals surface area contributed by atoms with Gasteiger partial charge < -0.3 is 9.73 Å². The third-order valence-electron chi connectivity index (χ3n) is 3.97. The Bertz CT molecular complexity index is 836. The van der Waals surface area contributed by atoms with Crippen molar-refractivity contribution in [2.45, 2.75) is 53.5 Å². The number of rotatable bonds is 4. The Hall–Kier alpha value is -2.23. The number of pyridine rings is 1. The molecule has 0 fully saturated rings. The Kier molecular flexibility index (Phi) is 3.94. The smallest absolute Gasteiger partial charge is 0.156 e. The van der Waals surface area contributed by atoms with Crippen LogP contribution in [-0.2, 0) is 0 Å². The van der Waals surface area contributed by atoms with E-state index in [2.05, 4.69) is 69.6 Å². The molecular weight excluding hydrogens is 298 g/mol. The summed E-state index contributed by atoms with van der Waals surface area (Å²) >= 11 is 0. The van der Waals surface area contributed by atoms with Crippen molar-refractivity contribution in [2.24, 2.45) is 5.41 Å². The van der Waals surface area contributed by atoms with Crippen LogP contribution >= 0.6 is 0 Å². The van der Waals surface area contributed by atoms with Gasteiger partial charge in [-0.25, -0.2) is 4.98 Å². The molecule has 0 aliphatic heterocycles. The van der Waals surface area contributed by atoms with E-state index in [1.165, 1.54) is 5.56 Å². The van der Waals surface area contributed by atoms with Gasteiger partial charge in [-0.15, -0.1) is 0 Å². The standard InChI is InChI=1S/C20H27N3O/c1-14-9-10-23-16(12-14)21-17(15-8-7-11-24-15)18(23)22-20(5,6)13-19(2,3)4/h7-12,22H,13H2,1-6H3. The topological polar surface area (TPSA) is 42.5 Å². The van der Waals surface area contributed by atoms with Gasteiger partial charge in [0.05, 0.1) is 6.26 Å². The summed E-state index contributed by atoms with van der Waals surface area (Å²) in [7, 11) is 0. The maximum Gasteiger partial charge on any atom is 0.156 e. The van der Waals surface area contributed by atoms with E-state index in [0.29, 0.717) is 0 Å². The summed E-state index contributed by atoms with van der Waals surface area (Å²) < 4.78 is 7.73.